The van der Waals surface area contributed by atoms with Crippen LogP contribution in [0.1, 0.15) is 25.3 Å². The molecule has 0 aliphatic carbocycles. The van der Waals surface area contributed by atoms with Gasteiger partial charge in [0.25, 0.3) is 0 Å². The number of carbonyl (C=O) groups is 2. The first-order chi connectivity index (χ1) is 13.5. The van der Waals surface area contributed by atoms with Gasteiger partial charge < -0.3 is 20.3 Å². The number of hydrogen-bond donors (Lipinski definition) is 2. The van der Waals surface area contributed by atoms with Crippen LogP contribution >= 0.6 is 24.0 Å². The lowest BCUT2D eigenvalue weighted by atomic mass is 9.97. The first-order valence-corrected chi connectivity index (χ1v) is 9.66. The van der Waals surface area contributed by atoms with Crippen molar-refractivity contribution in [2.75, 3.05) is 39.8 Å². The maximum absolute atomic E-state index is 13.2. The van der Waals surface area contributed by atoms with Crippen molar-refractivity contribution in [1.29, 1.82) is 0 Å². The molecular formula is C20H30FIN4O3. The topological polar surface area (TPSA) is 83.0 Å². The number of rotatable bonds is 7. The van der Waals surface area contributed by atoms with E-state index in [-0.39, 0.29) is 54.0 Å². The minimum atomic E-state index is -0.345. The lowest BCUT2D eigenvalue weighted by molar-refractivity contribution is -0.149. The quantitative estimate of drug-likeness (QED) is 0.189. The van der Waals surface area contributed by atoms with Gasteiger partial charge in [0.1, 0.15) is 5.82 Å². The predicted octanol–water partition coefficient (Wildman–Crippen LogP) is 1.95. The molecule has 1 saturated heterocycles. The van der Waals surface area contributed by atoms with Crippen LogP contribution in [-0.2, 0) is 20.7 Å². The van der Waals surface area contributed by atoms with Gasteiger partial charge in [-0.2, -0.15) is 0 Å². The largest absolute Gasteiger partial charge is 0.466 e. The third-order valence-electron chi connectivity index (χ3n) is 4.61. The smallest absolute Gasteiger partial charge is 0.309 e. The number of hydrogen-bond acceptors (Lipinski definition) is 4. The monoisotopic (exact) mass is 520 g/mol. The number of ether oxygens (including phenoxy) is 1. The highest BCUT2D eigenvalue weighted by Gasteiger charge is 2.27. The first-order valence-electron chi connectivity index (χ1n) is 9.66. The molecule has 29 heavy (non-hydrogen) atoms. The Morgan fingerprint density at radius 3 is 2.55 bits per heavy atom. The van der Waals surface area contributed by atoms with Gasteiger partial charge in [0, 0.05) is 33.2 Å². The summed E-state index contributed by atoms with van der Waals surface area (Å²) in [5, 5.41) is 6.03. The summed E-state index contributed by atoms with van der Waals surface area (Å²) < 4.78 is 18.2. The minimum Gasteiger partial charge on any atom is -0.466 e. The molecule has 0 atom stereocenters. The number of nitrogens with zero attached hydrogens (tertiary/aromatic N) is 2. The van der Waals surface area contributed by atoms with Crippen molar-refractivity contribution in [2.45, 2.75) is 26.2 Å². The van der Waals surface area contributed by atoms with E-state index in [1.807, 2.05) is 6.92 Å². The van der Waals surface area contributed by atoms with E-state index in [9.17, 15) is 14.0 Å². The van der Waals surface area contributed by atoms with Gasteiger partial charge in [0.2, 0.25) is 5.91 Å². The highest BCUT2D eigenvalue weighted by atomic mass is 127. The second-order valence-corrected chi connectivity index (χ2v) is 6.64. The van der Waals surface area contributed by atoms with Gasteiger partial charge in [-0.3, -0.25) is 14.6 Å². The lowest BCUT2D eigenvalue weighted by Crippen LogP contribution is -2.48. The van der Waals surface area contributed by atoms with Gasteiger partial charge in [-0.15, -0.1) is 24.0 Å². The van der Waals surface area contributed by atoms with Crippen molar-refractivity contribution in [1.82, 2.24) is 15.5 Å². The number of nitrogens with one attached hydrogen (secondary N) is 2. The van der Waals surface area contributed by atoms with Gasteiger partial charge >= 0.3 is 5.97 Å². The summed E-state index contributed by atoms with van der Waals surface area (Å²) in [6.07, 6.45) is 1.63. The molecule has 0 radical (unpaired) electrons. The van der Waals surface area contributed by atoms with Gasteiger partial charge in [0.05, 0.1) is 18.9 Å². The molecule has 1 fully saturated rings. The Hall–Kier alpha value is -1.91. The molecule has 1 amide bonds. The van der Waals surface area contributed by atoms with Crippen LogP contribution in [0, 0.1) is 11.7 Å². The van der Waals surface area contributed by atoms with Crippen LogP contribution in [0.3, 0.4) is 0 Å². The molecule has 7 nitrogen and oxygen atoms in total. The van der Waals surface area contributed by atoms with Gasteiger partial charge in [-0.25, -0.2) is 4.39 Å². The Labute approximate surface area is 188 Å². The van der Waals surface area contributed by atoms with Crippen LogP contribution in [0.2, 0.25) is 0 Å². The molecule has 1 aliphatic rings. The Kier molecular flexibility index (Phi) is 11.6. The van der Waals surface area contributed by atoms with E-state index in [1.54, 1.807) is 19.2 Å². The summed E-state index contributed by atoms with van der Waals surface area (Å²) in [6, 6.07) is 6.03. The number of piperidine rings is 1. The fourth-order valence-corrected chi connectivity index (χ4v) is 3.19. The molecule has 1 aliphatic heterocycles. The summed E-state index contributed by atoms with van der Waals surface area (Å²) in [4.78, 5) is 30.1. The second kappa shape index (κ2) is 13.3. The summed E-state index contributed by atoms with van der Waals surface area (Å²) in [6.45, 7) is 4.65. The zero-order valence-electron chi connectivity index (χ0n) is 16.9. The lowest BCUT2D eigenvalue weighted by Gasteiger charge is -2.33. The Morgan fingerprint density at radius 2 is 1.93 bits per heavy atom. The molecule has 2 rings (SSSR count). The molecule has 0 unspecified atom stereocenters. The summed E-state index contributed by atoms with van der Waals surface area (Å²) in [7, 11) is 1.71. The first kappa shape index (κ1) is 25.1. The number of amides is 1. The van der Waals surface area contributed by atoms with Crippen LogP contribution in [-0.4, -0.2) is 62.6 Å². The molecule has 0 aromatic heterocycles. The molecule has 162 valence electrons. The molecule has 0 bridgehead atoms. The molecule has 1 aromatic rings. The summed E-state index contributed by atoms with van der Waals surface area (Å²) in [5.41, 5.74) is 0.644. The van der Waals surface area contributed by atoms with E-state index in [1.165, 1.54) is 12.1 Å². The number of likely N-dealkylation sites (tertiary alicyclic amines) is 1. The van der Waals surface area contributed by atoms with Crippen molar-refractivity contribution in [3.63, 3.8) is 0 Å². The fourth-order valence-electron chi connectivity index (χ4n) is 3.19. The van der Waals surface area contributed by atoms with Crippen LogP contribution in [0.15, 0.2) is 29.3 Å². The van der Waals surface area contributed by atoms with E-state index in [2.05, 4.69) is 20.5 Å². The zero-order valence-corrected chi connectivity index (χ0v) is 19.3. The Morgan fingerprint density at radius 1 is 1.24 bits per heavy atom. The molecule has 0 spiro atoms. The van der Waals surface area contributed by atoms with E-state index < -0.39 is 0 Å². The highest BCUT2D eigenvalue weighted by Crippen LogP contribution is 2.18. The number of aliphatic imine (C=N–C) groups is 1. The minimum absolute atomic E-state index is 0. The van der Waals surface area contributed by atoms with Crippen molar-refractivity contribution in [3.05, 3.63) is 35.6 Å². The molecule has 2 N–H and O–H groups in total. The number of benzene rings is 1. The number of esters is 1. The predicted molar refractivity (Wildman–Crippen MR) is 121 cm³/mol. The van der Waals surface area contributed by atoms with Crippen LogP contribution < -0.4 is 10.6 Å². The summed E-state index contributed by atoms with van der Waals surface area (Å²) in [5.74, 6) is 0.0874. The van der Waals surface area contributed by atoms with Crippen molar-refractivity contribution >= 4 is 41.8 Å². The number of guanidine groups is 1. The normalized spacial score (nSPS) is 14.7. The van der Waals surface area contributed by atoms with Crippen LogP contribution in [0.25, 0.3) is 0 Å². The van der Waals surface area contributed by atoms with Gasteiger partial charge in [0.15, 0.2) is 5.96 Å². The Bertz CT molecular complexity index is 694. The molecule has 9 heteroatoms. The number of halogens is 2. The van der Waals surface area contributed by atoms with Gasteiger partial charge in [-0.05, 0) is 37.5 Å². The van der Waals surface area contributed by atoms with Crippen LogP contribution in [0.4, 0.5) is 4.39 Å². The average Bonchev–Trinajstić information content (AvgIpc) is 2.68. The zero-order chi connectivity index (χ0) is 20.4. The maximum atomic E-state index is 13.2. The van der Waals surface area contributed by atoms with Gasteiger partial charge in [-0.1, -0.05) is 12.1 Å². The average molecular weight is 520 g/mol. The van der Waals surface area contributed by atoms with E-state index in [0.717, 1.165) is 31.9 Å². The Balaban J connectivity index is 0.00000420. The third-order valence-corrected chi connectivity index (χ3v) is 4.61. The van der Waals surface area contributed by atoms with Crippen molar-refractivity contribution in [2.24, 2.45) is 10.9 Å². The van der Waals surface area contributed by atoms with E-state index in [4.69, 9.17) is 4.74 Å². The van der Waals surface area contributed by atoms with Crippen molar-refractivity contribution < 1.29 is 18.7 Å². The molecular weight excluding hydrogens is 490 g/mol. The fraction of sp³-hybridized carbons (Fsp3) is 0.550. The number of carbonyl (C=O) groups excluding carboxylic acids is 2. The maximum Gasteiger partial charge on any atom is 0.309 e. The second-order valence-electron chi connectivity index (χ2n) is 6.64. The standard InChI is InChI=1S/C20H29FN4O3.HI/c1-3-28-19(27)16-7-11-25(12-8-16)20(22-2)24-10-9-23-18(26)14-15-5-4-6-17(21)13-15;/h4-6,13,16H,3,7-12,14H2,1-2H3,(H,22,24)(H,23,26);1H. The van der Waals surface area contributed by atoms with E-state index >= 15 is 0 Å². The van der Waals surface area contributed by atoms with Crippen LogP contribution in [0.5, 0.6) is 0 Å². The SMILES string of the molecule is CCOC(=O)C1CCN(C(=NC)NCCNC(=O)Cc2cccc(F)c2)CC1.I. The molecule has 1 aromatic carbocycles. The third kappa shape index (κ3) is 8.55. The molecule has 0 saturated carbocycles. The van der Waals surface area contributed by atoms with Crippen molar-refractivity contribution in [3.8, 4) is 0 Å². The van der Waals surface area contributed by atoms with E-state index in [0.29, 0.717) is 25.3 Å². The molecule has 1 heterocycles. The highest BCUT2D eigenvalue weighted by molar-refractivity contribution is 14.0. The summed E-state index contributed by atoms with van der Waals surface area (Å²) >= 11 is 0.